The number of carbonyl (C=O) groups is 1. The number of rotatable bonds is 5. The minimum absolute atomic E-state index is 0.0357. The molecule has 34 heavy (non-hydrogen) atoms. The normalized spacial score (nSPS) is 20.1. The fourth-order valence-electron chi connectivity index (χ4n) is 4.15. The monoisotopic (exact) mass is 448 g/mol. The van der Waals surface area contributed by atoms with Crippen molar-refractivity contribution < 1.29 is 4.79 Å². The van der Waals surface area contributed by atoms with E-state index in [0.717, 1.165) is 22.8 Å². The zero-order valence-corrected chi connectivity index (χ0v) is 18.7. The minimum atomic E-state index is -0.161. The molecule has 1 amide bonds. The van der Waals surface area contributed by atoms with Crippen LogP contribution in [0, 0.1) is 5.92 Å². The fraction of sp³-hybridized carbons (Fsp3) is 0.148. The summed E-state index contributed by atoms with van der Waals surface area (Å²) in [5.74, 6) is 1.83. The van der Waals surface area contributed by atoms with Gasteiger partial charge in [0, 0.05) is 36.5 Å². The molecule has 1 aliphatic heterocycles. The molecule has 0 fully saturated rings. The van der Waals surface area contributed by atoms with E-state index in [4.69, 9.17) is 9.98 Å². The molecule has 7 heteroatoms. The third-order valence-corrected chi connectivity index (χ3v) is 5.71. The maximum Gasteiger partial charge on any atom is 0.222 e. The molecular weight excluding hydrogens is 424 g/mol. The van der Waals surface area contributed by atoms with Crippen molar-refractivity contribution in [3.05, 3.63) is 114 Å². The van der Waals surface area contributed by atoms with E-state index in [9.17, 15) is 4.79 Å². The number of allylic oxidation sites excluding steroid dienone is 3. The Morgan fingerprint density at radius 3 is 2.65 bits per heavy atom. The molecule has 2 atom stereocenters. The summed E-state index contributed by atoms with van der Waals surface area (Å²) in [5.41, 5.74) is 3.94. The molecule has 2 unspecified atom stereocenters. The largest absolute Gasteiger partial charge is 0.342 e. The lowest BCUT2D eigenvalue weighted by Gasteiger charge is -2.34. The van der Waals surface area contributed by atoms with Gasteiger partial charge in [0.1, 0.15) is 17.5 Å². The van der Waals surface area contributed by atoms with Crippen molar-refractivity contribution in [1.29, 1.82) is 0 Å². The highest BCUT2D eigenvalue weighted by molar-refractivity contribution is 6.11. The van der Waals surface area contributed by atoms with Crippen molar-refractivity contribution in [2.45, 2.75) is 19.4 Å². The van der Waals surface area contributed by atoms with Crippen LogP contribution in [0.2, 0.25) is 0 Å². The van der Waals surface area contributed by atoms with Gasteiger partial charge in [0.05, 0.1) is 18.2 Å². The van der Waals surface area contributed by atoms with E-state index in [1.807, 2.05) is 30.3 Å². The smallest absolute Gasteiger partial charge is 0.222 e. The quantitative estimate of drug-likeness (QED) is 0.611. The van der Waals surface area contributed by atoms with Crippen LogP contribution in [-0.4, -0.2) is 27.5 Å². The number of hydrogen-bond acceptors (Lipinski definition) is 5. The van der Waals surface area contributed by atoms with Gasteiger partial charge in [0.2, 0.25) is 5.91 Å². The van der Waals surface area contributed by atoms with Crippen molar-refractivity contribution in [3.8, 4) is 0 Å². The van der Waals surface area contributed by atoms with Crippen LogP contribution in [0.25, 0.3) is 0 Å². The van der Waals surface area contributed by atoms with Gasteiger partial charge >= 0.3 is 0 Å². The first-order valence-electron chi connectivity index (χ1n) is 11.1. The van der Waals surface area contributed by atoms with Gasteiger partial charge in [-0.05, 0) is 35.9 Å². The number of anilines is 1. The summed E-state index contributed by atoms with van der Waals surface area (Å²) in [6, 6.07) is 19.9. The highest BCUT2D eigenvalue weighted by atomic mass is 16.1. The van der Waals surface area contributed by atoms with E-state index in [1.54, 1.807) is 18.5 Å². The number of carbonyl (C=O) groups excluding carboxylic acids is 1. The standard InChI is InChI=1S/C27H24N6O/c1-18(34)31-24-14-13-20(16-29-24)26-32-23-12-7-11-22(19-8-3-2-4-9-19)25(23)27(33-26)30-17-21-10-5-6-15-28-21/h2-16,22,25H,17H2,1H3,(H,29,31,34)(H,30,32,33). The first-order valence-corrected chi connectivity index (χ1v) is 11.1. The van der Waals surface area contributed by atoms with Gasteiger partial charge in [0.15, 0.2) is 0 Å². The Balaban J connectivity index is 1.53. The highest BCUT2D eigenvalue weighted by Crippen LogP contribution is 2.37. The summed E-state index contributed by atoms with van der Waals surface area (Å²) in [4.78, 5) is 29.9. The molecule has 1 aromatic carbocycles. The lowest BCUT2D eigenvalue weighted by molar-refractivity contribution is -0.114. The first-order chi connectivity index (χ1) is 16.7. The first kappa shape index (κ1) is 21.5. The summed E-state index contributed by atoms with van der Waals surface area (Å²) >= 11 is 0. The van der Waals surface area contributed by atoms with Crippen LogP contribution in [-0.2, 0) is 11.3 Å². The Labute approximate surface area is 198 Å². The van der Waals surface area contributed by atoms with Crippen LogP contribution in [0.1, 0.15) is 29.7 Å². The molecule has 2 N–H and O–H groups in total. The summed E-state index contributed by atoms with van der Waals surface area (Å²) in [6.45, 7) is 1.90. The van der Waals surface area contributed by atoms with Crippen molar-refractivity contribution in [1.82, 2.24) is 15.3 Å². The predicted molar refractivity (Wildman–Crippen MR) is 133 cm³/mol. The second kappa shape index (κ2) is 9.62. The molecular formula is C27H24N6O. The van der Waals surface area contributed by atoms with Crippen LogP contribution in [0.5, 0.6) is 0 Å². The molecule has 168 valence electrons. The Morgan fingerprint density at radius 1 is 1.06 bits per heavy atom. The molecule has 1 aliphatic carbocycles. The van der Waals surface area contributed by atoms with Crippen LogP contribution < -0.4 is 10.6 Å². The molecule has 0 bridgehead atoms. The van der Waals surface area contributed by atoms with E-state index in [0.29, 0.717) is 18.2 Å². The van der Waals surface area contributed by atoms with E-state index in [1.165, 1.54) is 12.5 Å². The van der Waals surface area contributed by atoms with Crippen LogP contribution in [0.3, 0.4) is 0 Å². The zero-order chi connectivity index (χ0) is 23.3. The summed E-state index contributed by atoms with van der Waals surface area (Å²) in [7, 11) is 0. The Hall–Kier alpha value is -4.39. The van der Waals surface area contributed by atoms with Crippen molar-refractivity contribution in [2.75, 3.05) is 5.32 Å². The molecule has 3 heterocycles. The highest BCUT2D eigenvalue weighted by Gasteiger charge is 2.35. The summed E-state index contributed by atoms with van der Waals surface area (Å²) in [5, 5.41) is 6.19. The molecule has 2 aliphatic rings. The Kier molecular flexibility index (Phi) is 6.07. The molecule has 0 saturated carbocycles. The summed E-state index contributed by atoms with van der Waals surface area (Å²) < 4.78 is 0. The Morgan fingerprint density at radius 2 is 1.91 bits per heavy atom. The number of aromatic nitrogens is 2. The van der Waals surface area contributed by atoms with E-state index >= 15 is 0 Å². The number of benzene rings is 1. The number of nitrogens with zero attached hydrogens (tertiary/aromatic N) is 4. The Bertz CT molecular complexity index is 1290. The van der Waals surface area contributed by atoms with E-state index in [-0.39, 0.29) is 17.7 Å². The van der Waals surface area contributed by atoms with Gasteiger partial charge in [-0.15, -0.1) is 0 Å². The molecule has 3 aromatic rings. The predicted octanol–water partition coefficient (Wildman–Crippen LogP) is 4.24. The number of pyridine rings is 2. The van der Waals surface area contributed by atoms with Gasteiger partial charge in [-0.2, -0.15) is 0 Å². The molecule has 0 saturated heterocycles. The average Bonchev–Trinajstić information content (AvgIpc) is 2.88. The number of nitrogens with one attached hydrogen (secondary N) is 2. The lowest BCUT2D eigenvalue weighted by atomic mass is 9.79. The van der Waals surface area contributed by atoms with Gasteiger partial charge in [-0.25, -0.2) is 9.98 Å². The zero-order valence-electron chi connectivity index (χ0n) is 18.7. The van der Waals surface area contributed by atoms with Gasteiger partial charge in [0.25, 0.3) is 0 Å². The maximum atomic E-state index is 11.3. The van der Waals surface area contributed by atoms with E-state index in [2.05, 4.69) is 63.1 Å². The van der Waals surface area contributed by atoms with Crippen LogP contribution in [0.4, 0.5) is 5.82 Å². The molecule has 5 rings (SSSR count). The average molecular weight is 449 g/mol. The van der Waals surface area contributed by atoms with Gasteiger partial charge < -0.3 is 10.6 Å². The molecule has 7 nitrogen and oxygen atoms in total. The van der Waals surface area contributed by atoms with Crippen LogP contribution >= 0.6 is 0 Å². The van der Waals surface area contributed by atoms with Crippen molar-refractivity contribution >= 4 is 23.4 Å². The van der Waals surface area contributed by atoms with Crippen molar-refractivity contribution in [3.63, 3.8) is 0 Å². The van der Waals surface area contributed by atoms with Gasteiger partial charge in [-0.1, -0.05) is 48.6 Å². The summed E-state index contributed by atoms with van der Waals surface area (Å²) in [6.07, 6.45) is 9.83. The lowest BCUT2D eigenvalue weighted by Crippen LogP contribution is -2.40. The van der Waals surface area contributed by atoms with Crippen LogP contribution in [0.15, 0.2) is 107 Å². The third kappa shape index (κ3) is 4.68. The third-order valence-electron chi connectivity index (χ3n) is 5.71. The molecule has 2 aromatic heterocycles. The number of fused-ring (bicyclic) bond motifs is 1. The van der Waals surface area contributed by atoms with E-state index < -0.39 is 0 Å². The molecule has 0 spiro atoms. The number of amidine groups is 2. The van der Waals surface area contributed by atoms with Crippen molar-refractivity contribution in [2.24, 2.45) is 15.9 Å². The maximum absolute atomic E-state index is 11.3. The van der Waals surface area contributed by atoms with Gasteiger partial charge in [-0.3, -0.25) is 14.8 Å². The minimum Gasteiger partial charge on any atom is -0.342 e. The molecule has 0 radical (unpaired) electrons. The number of hydrogen-bond donors (Lipinski definition) is 2. The topological polar surface area (TPSA) is 91.6 Å². The number of aliphatic imine (C=N–C) groups is 2. The second-order valence-corrected chi connectivity index (χ2v) is 8.12. The SMILES string of the molecule is CC(=O)Nc1ccc(C2=NC(=NCc3ccccn3)C3C(=CC=CC3c3ccccc3)N2)cn1. The second-order valence-electron chi connectivity index (χ2n) is 8.12. The number of amides is 1. The fourth-order valence-corrected chi connectivity index (χ4v) is 4.15.